The van der Waals surface area contributed by atoms with Crippen molar-refractivity contribution >= 4 is 54.3 Å². The number of aromatic nitrogens is 3. The summed E-state index contributed by atoms with van der Waals surface area (Å²) in [4.78, 5) is 15.5. The second-order valence-electron chi connectivity index (χ2n) is 14.1. The van der Waals surface area contributed by atoms with Gasteiger partial charge in [0.25, 0.3) is 0 Å². The van der Waals surface area contributed by atoms with Crippen molar-refractivity contribution in [1.29, 1.82) is 0 Å². The Morgan fingerprint density at radius 2 is 0.836 bits per heavy atom. The maximum Gasteiger partial charge on any atom is 0.164 e. The van der Waals surface area contributed by atoms with Gasteiger partial charge in [0, 0.05) is 27.5 Å². The highest BCUT2D eigenvalue weighted by molar-refractivity contribution is 6.10. The third-order valence-corrected chi connectivity index (χ3v) is 10.7. The first kappa shape index (κ1) is 31.1. The van der Waals surface area contributed by atoms with Crippen molar-refractivity contribution in [3.8, 4) is 56.4 Å². The van der Waals surface area contributed by atoms with E-state index in [1.54, 1.807) is 0 Å². The minimum absolute atomic E-state index is 0.611. The van der Waals surface area contributed by atoms with Crippen LogP contribution in [0.15, 0.2) is 192 Å². The standard InChI is InChI=1S/C51H31N3O/c1-2-11-34(12-3-1)45-30-42(27-39-14-6-7-15-43(39)45)51-53-49(35-21-18-33(19-22-35)37-23-20-32-10-4-5-13-36(32)26-37)52-50(54-51)40-25-24-38-29-46-44-16-8-9-17-47(44)55-48(46)31-41(38)28-40/h1-31H. The van der Waals surface area contributed by atoms with Crippen molar-refractivity contribution < 1.29 is 4.42 Å². The summed E-state index contributed by atoms with van der Waals surface area (Å²) in [5, 5.41) is 9.18. The zero-order chi connectivity index (χ0) is 36.3. The van der Waals surface area contributed by atoms with Crippen LogP contribution in [0.1, 0.15) is 0 Å². The van der Waals surface area contributed by atoms with Crippen LogP contribution < -0.4 is 0 Å². The Bertz CT molecular complexity index is 3260. The van der Waals surface area contributed by atoms with E-state index in [9.17, 15) is 0 Å². The van der Waals surface area contributed by atoms with E-state index in [1.165, 1.54) is 21.7 Å². The second-order valence-corrected chi connectivity index (χ2v) is 14.1. The lowest BCUT2D eigenvalue weighted by Gasteiger charge is -2.13. The SMILES string of the molecule is c1ccc(-c2cc(-c3nc(-c4ccc(-c5ccc6ccccc6c5)cc4)nc(-c4ccc5cc6c(cc5c4)oc4ccccc46)n3)cc3ccccc23)cc1. The lowest BCUT2D eigenvalue weighted by molar-refractivity contribution is 0.669. The van der Waals surface area contributed by atoms with Crippen molar-refractivity contribution in [3.63, 3.8) is 0 Å². The molecule has 4 heteroatoms. The van der Waals surface area contributed by atoms with E-state index >= 15 is 0 Å². The Labute approximate surface area is 317 Å². The summed E-state index contributed by atoms with van der Waals surface area (Å²) in [5.41, 5.74) is 9.09. The first-order chi connectivity index (χ1) is 27.2. The van der Waals surface area contributed by atoms with Gasteiger partial charge >= 0.3 is 0 Å². The van der Waals surface area contributed by atoms with Crippen LogP contribution in [0.2, 0.25) is 0 Å². The Hall–Kier alpha value is -7.43. The molecule has 2 aromatic heterocycles. The van der Waals surface area contributed by atoms with Crippen LogP contribution in [0.25, 0.3) is 111 Å². The van der Waals surface area contributed by atoms with Crippen molar-refractivity contribution in [1.82, 2.24) is 15.0 Å². The number of hydrogen-bond donors (Lipinski definition) is 0. The molecule has 256 valence electrons. The average molecular weight is 702 g/mol. The Morgan fingerprint density at radius 3 is 1.67 bits per heavy atom. The van der Waals surface area contributed by atoms with E-state index in [2.05, 4.69) is 170 Å². The van der Waals surface area contributed by atoms with Crippen molar-refractivity contribution in [2.45, 2.75) is 0 Å². The summed E-state index contributed by atoms with van der Waals surface area (Å²) in [5.74, 6) is 1.85. The molecule has 9 aromatic carbocycles. The molecule has 11 rings (SSSR count). The molecule has 11 aromatic rings. The predicted molar refractivity (Wildman–Crippen MR) is 227 cm³/mol. The van der Waals surface area contributed by atoms with Gasteiger partial charge in [-0.2, -0.15) is 0 Å². The molecule has 0 atom stereocenters. The van der Waals surface area contributed by atoms with Gasteiger partial charge in [-0.3, -0.25) is 0 Å². The van der Waals surface area contributed by atoms with Crippen LogP contribution in [-0.4, -0.2) is 15.0 Å². The number of fused-ring (bicyclic) bond motifs is 6. The average Bonchev–Trinajstić information content (AvgIpc) is 3.62. The highest BCUT2D eigenvalue weighted by Gasteiger charge is 2.16. The summed E-state index contributed by atoms with van der Waals surface area (Å²) in [6.45, 7) is 0. The molecule has 4 nitrogen and oxygen atoms in total. The molecule has 0 spiro atoms. The predicted octanol–water partition coefficient (Wildman–Crippen LogP) is 13.6. The number of nitrogens with zero attached hydrogens (tertiary/aromatic N) is 3. The van der Waals surface area contributed by atoms with Crippen LogP contribution in [0.3, 0.4) is 0 Å². The van der Waals surface area contributed by atoms with E-state index in [1.807, 2.05) is 18.2 Å². The lowest BCUT2D eigenvalue weighted by Crippen LogP contribution is -2.00. The highest BCUT2D eigenvalue weighted by atomic mass is 16.3. The molecule has 0 fully saturated rings. The maximum absolute atomic E-state index is 6.26. The first-order valence-electron chi connectivity index (χ1n) is 18.5. The summed E-state index contributed by atoms with van der Waals surface area (Å²) in [6.07, 6.45) is 0. The molecule has 0 unspecified atom stereocenters. The van der Waals surface area contributed by atoms with E-state index in [0.717, 1.165) is 71.5 Å². The van der Waals surface area contributed by atoms with Gasteiger partial charge in [-0.1, -0.05) is 146 Å². The van der Waals surface area contributed by atoms with Gasteiger partial charge in [0.15, 0.2) is 17.5 Å². The lowest BCUT2D eigenvalue weighted by atomic mass is 9.95. The Balaban J connectivity index is 1.08. The zero-order valence-corrected chi connectivity index (χ0v) is 29.6. The molecular formula is C51H31N3O. The van der Waals surface area contributed by atoms with E-state index < -0.39 is 0 Å². The fourth-order valence-electron chi connectivity index (χ4n) is 7.85. The molecule has 0 saturated heterocycles. The molecule has 0 radical (unpaired) electrons. The molecular weight excluding hydrogens is 671 g/mol. The van der Waals surface area contributed by atoms with E-state index in [0.29, 0.717) is 17.5 Å². The van der Waals surface area contributed by atoms with Gasteiger partial charge in [0.2, 0.25) is 0 Å². The molecule has 0 aliphatic carbocycles. The first-order valence-corrected chi connectivity index (χ1v) is 18.5. The number of furan rings is 1. The smallest absolute Gasteiger partial charge is 0.164 e. The molecule has 0 saturated carbocycles. The fourth-order valence-corrected chi connectivity index (χ4v) is 7.85. The van der Waals surface area contributed by atoms with Gasteiger partial charge in [-0.25, -0.2) is 15.0 Å². The quantitative estimate of drug-likeness (QED) is 0.179. The van der Waals surface area contributed by atoms with Gasteiger partial charge < -0.3 is 4.42 Å². The number of hydrogen-bond acceptors (Lipinski definition) is 4. The van der Waals surface area contributed by atoms with Gasteiger partial charge in [-0.05, 0) is 97.0 Å². The Morgan fingerprint density at radius 1 is 0.273 bits per heavy atom. The topological polar surface area (TPSA) is 51.8 Å². The largest absolute Gasteiger partial charge is 0.456 e. The number of benzene rings is 9. The molecule has 0 N–H and O–H groups in total. The van der Waals surface area contributed by atoms with Crippen molar-refractivity contribution in [3.05, 3.63) is 188 Å². The minimum atomic E-state index is 0.611. The molecule has 0 amide bonds. The number of rotatable bonds is 5. The molecule has 55 heavy (non-hydrogen) atoms. The van der Waals surface area contributed by atoms with E-state index in [4.69, 9.17) is 19.4 Å². The normalized spacial score (nSPS) is 11.6. The zero-order valence-electron chi connectivity index (χ0n) is 29.6. The summed E-state index contributed by atoms with van der Waals surface area (Å²) in [6, 6.07) is 65.9. The third kappa shape index (κ3) is 5.51. The van der Waals surface area contributed by atoms with Crippen molar-refractivity contribution in [2.24, 2.45) is 0 Å². The Kier molecular flexibility index (Phi) is 7.14. The summed E-state index contributed by atoms with van der Waals surface area (Å²) >= 11 is 0. The van der Waals surface area contributed by atoms with Gasteiger partial charge in [0.05, 0.1) is 0 Å². The highest BCUT2D eigenvalue weighted by Crippen LogP contribution is 2.37. The molecule has 0 bridgehead atoms. The number of para-hydroxylation sites is 1. The minimum Gasteiger partial charge on any atom is -0.456 e. The molecule has 0 aliphatic rings. The monoisotopic (exact) mass is 701 g/mol. The summed E-state index contributed by atoms with van der Waals surface area (Å²) in [7, 11) is 0. The van der Waals surface area contributed by atoms with Crippen LogP contribution in [0.5, 0.6) is 0 Å². The van der Waals surface area contributed by atoms with Crippen LogP contribution in [-0.2, 0) is 0 Å². The van der Waals surface area contributed by atoms with Crippen LogP contribution in [0, 0.1) is 0 Å². The van der Waals surface area contributed by atoms with Crippen LogP contribution in [0.4, 0.5) is 0 Å². The van der Waals surface area contributed by atoms with Crippen molar-refractivity contribution in [2.75, 3.05) is 0 Å². The van der Waals surface area contributed by atoms with Gasteiger partial charge in [0.1, 0.15) is 11.2 Å². The fraction of sp³-hybridized carbons (Fsp3) is 0. The molecule has 2 heterocycles. The van der Waals surface area contributed by atoms with Crippen LogP contribution >= 0.6 is 0 Å². The van der Waals surface area contributed by atoms with E-state index in [-0.39, 0.29) is 0 Å². The third-order valence-electron chi connectivity index (χ3n) is 10.7. The van der Waals surface area contributed by atoms with Gasteiger partial charge in [-0.15, -0.1) is 0 Å². The summed E-state index contributed by atoms with van der Waals surface area (Å²) < 4.78 is 6.26. The maximum atomic E-state index is 6.26. The second kappa shape index (κ2) is 12.6. The molecule has 0 aliphatic heterocycles.